The van der Waals surface area contributed by atoms with Gasteiger partial charge in [0, 0.05) is 18.7 Å². The molecule has 1 aromatic carbocycles. The van der Waals surface area contributed by atoms with Gasteiger partial charge in [-0.25, -0.2) is 0 Å². The van der Waals surface area contributed by atoms with Crippen molar-refractivity contribution in [3.8, 4) is 11.4 Å². The minimum Gasteiger partial charge on any atom is -0.481 e. The molecule has 0 radical (unpaired) electrons. The van der Waals surface area contributed by atoms with E-state index in [4.69, 9.17) is 5.11 Å². The number of carboxylic acid groups (broad SMARTS) is 1. The third-order valence-electron chi connectivity index (χ3n) is 4.30. The Bertz CT molecular complexity index is 699. The number of hydrogen-bond donors (Lipinski definition) is 3. The summed E-state index contributed by atoms with van der Waals surface area (Å²) in [6.07, 6.45) is 2.97. The molecule has 1 aliphatic carbocycles. The Morgan fingerprint density at radius 1 is 1.04 bits per heavy atom. The largest absolute Gasteiger partial charge is 0.481 e. The Labute approximate surface area is 140 Å². The number of aliphatic carboxylic acids is 1. The van der Waals surface area contributed by atoms with Crippen molar-refractivity contribution in [2.75, 3.05) is 17.7 Å². The van der Waals surface area contributed by atoms with E-state index < -0.39 is 5.97 Å². The van der Waals surface area contributed by atoms with E-state index in [2.05, 4.69) is 25.6 Å². The Hall–Kier alpha value is -2.70. The smallest absolute Gasteiger partial charge is 0.306 e. The molecule has 0 amide bonds. The maximum Gasteiger partial charge on any atom is 0.306 e. The first-order valence-electron chi connectivity index (χ1n) is 8.14. The van der Waals surface area contributed by atoms with Crippen LogP contribution in [-0.2, 0) is 4.79 Å². The molecule has 24 heavy (non-hydrogen) atoms. The standard InChI is InChI=1S/C17H21N5O2/c1-18-16-20-14(11-5-3-2-4-6-11)21-17(22-16)19-13-9-7-12(8-10-13)15(23)24/h2-6,12-13H,7-10H2,1H3,(H,23,24)(H2,18,19,20,21,22)/t12-,13-. The summed E-state index contributed by atoms with van der Waals surface area (Å²) in [7, 11) is 1.77. The lowest BCUT2D eigenvalue weighted by Gasteiger charge is -2.26. The third-order valence-corrected chi connectivity index (χ3v) is 4.30. The van der Waals surface area contributed by atoms with Crippen molar-refractivity contribution >= 4 is 17.9 Å². The number of carbonyl (C=O) groups is 1. The first-order valence-corrected chi connectivity index (χ1v) is 8.14. The highest BCUT2D eigenvalue weighted by Gasteiger charge is 2.26. The highest BCUT2D eigenvalue weighted by Crippen LogP contribution is 2.26. The van der Waals surface area contributed by atoms with Gasteiger partial charge in [-0.05, 0) is 25.7 Å². The average molecular weight is 327 g/mol. The van der Waals surface area contributed by atoms with Crippen molar-refractivity contribution in [1.82, 2.24) is 15.0 Å². The first kappa shape index (κ1) is 16.2. The molecule has 0 saturated heterocycles. The summed E-state index contributed by atoms with van der Waals surface area (Å²) in [5.41, 5.74) is 0.925. The Balaban J connectivity index is 1.75. The van der Waals surface area contributed by atoms with Gasteiger partial charge in [-0.1, -0.05) is 30.3 Å². The van der Waals surface area contributed by atoms with Crippen molar-refractivity contribution in [1.29, 1.82) is 0 Å². The lowest BCUT2D eigenvalue weighted by molar-refractivity contribution is -0.142. The number of rotatable bonds is 5. The number of anilines is 2. The topological polar surface area (TPSA) is 100 Å². The maximum atomic E-state index is 11.0. The summed E-state index contributed by atoms with van der Waals surface area (Å²) in [6.45, 7) is 0. The van der Waals surface area contributed by atoms with Crippen LogP contribution in [0.3, 0.4) is 0 Å². The Morgan fingerprint density at radius 3 is 2.33 bits per heavy atom. The number of nitrogens with one attached hydrogen (secondary N) is 2. The molecule has 1 aliphatic rings. The number of nitrogens with zero attached hydrogens (tertiary/aromatic N) is 3. The highest BCUT2D eigenvalue weighted by molar-refractivity contribution is 5.70. The molecule has 1 saturated carbocycles. The SMILES string of the molecule is CNc1nc(N[C@H]2CC[C@H](C(=O)O)CC2)nc(-c2ccccc2)n1. The lowest BCUT2D eigenvalue weighted by atomic mass is 9.86. The van der Waals surface area contributed by atoms with Gasteiger partial charge in [0.2, 0.25) is 11.9 Å². The number of hydrogen-bond acceptors (Lipinski definition) is 6. The van der Waals surface area contributed by atoms with Crippen molar-refractivity contribution in [3.63, 3.8) is 0 Å². The van der Waals surface area contributed by atoms with Gasteiger partial charge in [-0.3, -0.25) is 4.79 Å². The molecule has 3 N–H and O–H groups in total. The minimum atomic E-state index is -0.697. The molecule has 1 fully saturated rings. The number of benzene rings is 1. The number of aromatic nitrogens is 3. The van der Waals surface area contributed by atoms with Gasteiger partial charge < -0.3 is 15.7 Å². The molecule has 0 bridgehead atoms. The van der Waals surface area contributed by atoms with Crippen molar-refractivity contribution in [2.45, 2.75) is 31.7 Å². The molecular weight excluding hydrogens is 306 g/mol. The Morgan fingerprint density at radius 2 is 1.71 bits per heavy atom. The second kappa shape index (κ2) is 7.25. The second-order valence-corrected chi connectivity index (χ2v) is 5.95. The monoisotopic (exact) mass is 327 g/mol. The molecule has 2 aromatic rings. The molecule has 0 atom stereocenters. The van der Waals surface area contributed by atoms with Crippen LogP contribution in [0.15, 0.2) is 30.3 Å². The predicted molar refractivity (Wildman–Crippen MR) is 91.8 cm³/mol. The minimum absolute atomic E-state index is 0.191. The third kappa shape index (κ3) is 3.79. The molecule has 3 rings (SSSR count). The zero-order valence-corrected chi connectivity index (χ0v) is 13.6. The van der Waals surface area contributed by atoms with E-state index in [0.29, 0.717) is 30.6 Å². The fourth-order valence-electron chi connectivity index (χ4n) is 2.94. The van der Waals surface area contributed by atoms with Crippen molar-refractivity contribution in [3.05, 3.63) is 30.3 Å². The molecule has 0 aliphatic heterocycles. The normalized spacial score (nSPS) is 20.4. The first-order chi connectivity index (χ1) is 11.7. The van der Waals surface area contributed by atoms with E-state index in [1.54, 1.807) is 7.05 Å². The quantitative estimate of drug-likeness (QED) is 0.776. The van der Waals surface area contributed by atoms with Crippen LogP contribution in [0.4, 0.5) is 11.9 Å². The molecule has 1 heterocycles. The summed E-state index contributed by atoms with van der Waals surface area (Å²) in [4.78, 5) is 24.3. The van der Waals surface area contributed by atoms with Crippen LogP contribution in [0, 0.1) is 5.92 Å². The summed E-state index contributed by atoms with van der Waals surface area (Å²) < 4.78 is 0. The van der Waals surface area contributed by atoms with Gasteiger partial charge in [0.25, 0.3) is 0 Å². The molecule has 0 unspecified atom stereocenters. The average Bonchev–Trinajstić information content (AvgIpc) is 2.62. The lowest BCUT2D eigenvalue weighted by Crippen LogP contribution is -2.30. The van der Waals surface area contributed by atoms with Crippen LogP contribution >= 0.6 is 0 Å². The fraction of sp³-hybridized carbons (Fsp3) is 0.412. The summed E-state index contributed by atoms with van der Waals surface area (Å²) in [5, 5.41) is 15.4. The molecule has 1 aromatic heterocycles. The van der Waals surface area contributed by atoms with Crippen LogP contribution in [0.1, 0.15) is 25.7 Å². The van der Waals surface area contributed by atoms with E-state index in [0.717, 1.165) is 18.4 Å². The van der Waals surface area contributed by atoms with Gasteiger partial charge in [0.05, 0.1) is 5.92 Å². The van der Waals surface area contributed by atoms with Gasteiger partial charge in [0.15, 0.2) is 5.82 Å². The summed E-state index contributed by atoms with van der Waals surface area (Å²) in [6, 6.07) is 9.93. The molecule has 0 spiro atoms. The van der Waals surface area contributed by atoms with Crippen LogP contribution < -0.4 is 10.6 Å². The molecule has 126 valence electrons. The number of carboxylic acids is 1. The molecular formula is C17H21N5O2. The maximum absolute atomic E-state index is 11.0. The molecule has 7 nitrogen and oxygen atoms in total. The molecule has 7 heteroatoms. The van der Waals surface area contributed by atoms with E-state index >= 15 is 0 Å². The van der Waals surface area contributed by atoms with Crippen molar-refractivity contribution < 1.29 is 9.90 Å². The fourth-order valence-corrected chi connectivity index (χ4v) is 2.94. The zero-order chi connectivity index (χ0) is 16.9. The van der Waals surface area contributed by atoms with E-state index in [9.17, 15) is 4.79 Å². The van der Waals surface area contributed by atoms with E-state index in [1.807, 2.05) is 30.3 Å². The van der Waals surface area contributed by atoms with Gasteiger partial charge in [0.1, 0.15) is 0 Å². The Kier molecular flexibility index (Phi) is 4.88. The predicted octanol–water partition coefficient (Wildman–Crippen LogP) is 2.64. The van der Waals surface area contributed by atoms with Crippen LogP contribution in [0.5, 0.6) is 0 Å². The van der Waals surface area contributed by atoms with E-state index in [1.165, 1.54) is 0 Å². The van der Waals surface area contributed by atoms with Crippen LogP contribution in [0.2, 0.25) is 0 Å². The van der Waals surface area contributed by atoms with Crippen LogP contribution in [-0.4, -0.2) is 39.1 Å². The van der Waals surface area contributed by atoms with E-state index in [-0.39, 0.29) is 12.0 Å². The second-order valence-electron chi connectivity index (χ2n) is 5.95. The highest BCUT2D eigenvalue weighted by atomic mass is 16.4. The van der Waals surface area contributed by atoms with Gasteiger partial charge >= 0.3 is 5.97 Å². The van der Waals surface area contributed by atoms with Gasteiger partial charge in [-0.15, -0.1) is 0 Å². The van der Waals surface area contributed by atoms with Crippen LogP contribution in [0.25, 0.3) is 11.4 Å². The zero-order valence-electron chi connectivity index (χ0n) is 13.6. The summed E-state index contributed by atoms with van der Waals surface area (Å²) >= 11 is 0. The van der Waals surface area contributed by atoms with Gasteiger partial charge in [-0.2, -0.15) is 15.0 Å². The van der Waals surface area contributed by atoms with Crippen molar-refractivity contribution in [2.24, 2.45) is 5.92 Å². The summed E-state index contributed by atoms with van der Waals surface area (Å²) in [5.74, 6) is 0.709.